The van der Waals surface area contributed by atoms with Crippen molar-refractivity contribution in [3.8, 4) is 11.5 Å². The summed E-state index contributed by atoms with van der Waals surface area (Å²) in [4.78, 5) is 17.3. The van der Waals surface area contributed by atoms with Crippen molar-refractivity contribution in [2.45, 2.75) is 45.3 Å². The van der Waals surface area contributed by atoms with E-state index in [0.717, 1.165) is 30.7 Å². The van der Waals surface area contributed by atoms with Gasteiger partial charge in [-0.05, 0) is 51.3 Å². The Bertz CT molecular complexity index is 985. The molecule has 2 heterocycles. The average molecular weight is 380 g/mol. The monoisotopic (exact) mass is 380 g/mol. The number of nitrogens with zero attached hydrogens (tertiary/aromatic N) is 3. The fourth-order valence-electron chi connectivity index (χ4n) is 3.58. The fraction of sp³-hybridized carbons (Fsp3) is 0.381. The molecule has 7 heteroatoms. The second kappa shape index (κ2) is 7.88. The lowest BCUT2D eigenvalue weighted by atomic mass is 10.2. The van der Waals surface area contributed by atoms with E-state index in [2.05, 4.69) is 15.4 Å². The Balaban J connectivity index is 1.49. The molecular weight excluding hydrogens is 356 g/mol. The Kier molecular flexibility index (Phi) is 5.14. The predicted molar refractivity (Wildman–Crippen MR) is 105 cm³/mol. The number of para-hydroxylation sites is 2. The summed E-state index contributed by atoms with van der Waals surface area (Å²) >= 11 is 0. The zero-order chi connectivity index (χ0) is 19.5. The van der Waals surface area contributed by atoms with Crippen LogP contribution in [0.1, 0.15) is 42.2 Å². The van der Waals surface area contributed by atoms with Crippen molar-refractivity contribution in [2.75, 3.05) is 6.61 Å². The molecule has 2 atom stereocenters. The van der Waals surface area contributed by atoms with Gasteiger partial charge in [-0.1, -0.05) is 12.1 Å². The van der Waals surface area contributed by atoms with Crippen LogP contribution in [-0.2, 0) is 0 Å². The zero-order valence-corrected chi connectivity index (χ0v) is 16.1. The van der Waals surface area contributed by atoms with E-state index < -0.39 is 0 Å². The van der Waals surface area contributed by atoms with E-state index in [0.29, 0.717) is 23.6 Å². The topological polar surface area (TPSA) is 77.8 Å². The van der Waals surface area contributed by atoms with Crippen LogP contribution in [0.4, 0.5) is 0 Å². The number of carbonyl (C=O) groups is 1. The molecule has 3 aromatic rings. The van der Waals surface area contributed by atoms with E-state index in [1.807, 2.05) is 44.2 Å². The molecule has 1 N–H and O–H groups in total. The number of aromatic nitrogens is 3. The second-order valence-electron chi connectivity index (χ2n) is 6.94. The van der Waals surface area contributed by atoms with Crippen LogP contribution in [0.25, 0.3) is 5.65 Å². The Labute approximate surface area is 163 Å². The Hall–Kier alpha value is -3.09. The molecule has 1 aliphatic rings. The standard InChI is InChI=1S/C21H24N4O3/c1-3-27-18-8-4-5-9-19(18)28-17-10-6-7-16(17)24-21(26)15-13-22-25-12-11-14(2)23-20(15)25/h4-5,8-9,11-13,16-17H,3,6-7,10H2,1-2H3,(H,24,26)/t16-,17+/m1/s1. The molecule has 0 aliphatic heterocycles. The van der Waals surface area contributed by atoms with Crippen molar-refractivity contribution in [1.82, 2.24) is 19.9 Å². The van der Waals surface area contributed by atoms with Crippen LogP contribution < -0.4 is 14.8 Å². The van der Waals surface area contributed by atoms with Gasteiger partial charge in [-0.15, -0.1) is 0 Å². The minimum atomic E-state index is -0.174. The molecule has 0 radical (unpaired) electrons. The number of hydrogen-bond acceptors (Lipinski definition) is 5. The minimum absolute atomic E-state index is 0.0676. The lowest BCUT2D eigenvalue weighted by molar-refractivity contribution is 0.0893. The third-order valence-corrected chi connectivity index (χ3v) is 4.95. The Morgan fingerprint density at radius 3 is 2.89 bits per heavy atom. The van der Waals surface area contributed by atoms with Gasteiger partial charge in [0.1, 0.15) is 11.7 Å². The number of amides is 1. The summed E-state index contributed by atoms with van der Waals surface area (Å²) in [6.07, 6.45) is 6.03. The third-order valence-electron chi connectivity index (χ3n) is 4.95. The first kappa shape index (κ1) is 18.3. The molecule has 1 fully saturated rings. The number of carbonyl (C=O) groups excluding carboxylic acids is 1. The van der Waals surface area contributed by atoms with E-state index in [9.17, 15) is 4.79 Å². The lowest BCUT2D eigenvalue weighted by Crippen LogP contribution is -2.42. The molecule has 0 spiro atoms. The number of fused-ring (bicyclic) bond motifs is 1. The van der Waals surface area contributed by atoms with E-state index >= 15 is 0 Å². The van der Waals surface area contributed by atoms with Crippen molar-refractivity contribution in [3.05, 3.63) is 54.0 Å². The quantitative estimate of drug-likeness (QED) is 0.711. The van der Waals surface area contributed by atoms with Gasteiger partial charge in [0.25, 0.3) is 5.91 Å². The summed E-state index contributed by atoms with van der Waals surface area (Å²) in [5.41, 5.74) is 1.88. The average Bonchev–Trinajstić information content (AvgIpc) is 3.30. The number of benzene rings is 1. The molecule has 4 rings (SSSR count). The molecule has 7 nitrogen and oxygen atoms in total. The van der Waals surface area contributed by atoms with Crippen LogP contribution in [0, 0.1) is 6.92 Å². The summed E-state index contributed by atoms with van der Waals surface area (Å²) < 4.78 is 13.5. The normalized spacial score (nSPS) is 18.9. The smallest absolute Gasteiger partial charge is 0.257 e. The van der Waals surface area contributed by atoms with Crippen LogP contribution in [0.2, 0.25) is 0 Å². The van der Waals surface area contributed by atoms with Gasteiger partial charge in [0.15, 0.2) is 17.1 Å². The molecule has 0 saturated heterocycles. The number of nitrogens with one attached hydrogen (secondary N) is 1. The maximum atomic E-state index is 12.9. The van der Waals surface area contributed by atoms with Gasteiger partial charge in [0, 0.05) is 11.9 Å². The first-order valence-corrected chi connectivity index (χ1v) is 9.66. The zero-order valence-electron chi connectivity index (χ0n) is 16.1. The summed E-state index contributed by atoms with van der Waals surface area (Å²) in [5.74, 6) is 1.26. The third kappa shape index (κ3) is 3.65. The maximum Gasteiger partial charge on any atom is 0.257 e. The molecular formula is C21H24N4O3. The van der Waals surface area contributed by atoms with Gasteiger partial charge in [0.05, 0.1) is 18.8 Å². The SMILES string of the molecule is CCOc1ccccc1O[C@H]1CCC[C@H]1NC(=O)c1cnn2ccc(C)nc12. The van der Waals surface area contributed by atoms with Gasteiger partial charge in [-0.2, -0.15) is 5.10 Å². The molecule has 1 aromatic carbocycles. The molecule has 0 unspecified atom stereocenters. The highest BCUT2D eigenvalue weighted by atomic mass is 16.5. The second-order valence-corrected chi connectivity index (χ2v) is 6.94. The number of rotatable bonds is 6. The fourth-order valence-corrected chi connectivity index (χ4v) is 3.58. The van der Waals surface area contributed by atoms with Crippen LogP contribution in [0.5, 0.6) is 11.5 Å². The Morgan fingerprint density at radius 2 is 2.07 bits per heavy atom. The molecule has 2 aromatic heterocycles. The maximum absolute atomic E-state index is 12.9. The van der Waals surface area contributed by atoms with Crippen molar-refractivity contribution >= 4 is 11.6 Å². The first-order valence-electron chi connectivity index (χ1n) is 9.66. The summed E-state index contributed by atoms with van der Waals surface area (Å²) in [7, 11) is 0. The van der Waals surface area contributed by atoms with Gasteiger partial charge in [-0.25, -0.2) is 9.50 Å². The van der Waals surface area contributed by atoms with Gasteiger partial charge in [-0.3, -0.25) is 4.79 Å². The highest BCUT2D eigenvalue weighted by Crippen LogP contribution is 2.31. The highest BCUT2D eigenvalue weighted by molar-refractivity contribution is 5.99. The largest absolute Gasteiger partial charge is 0.490 e. The van der Waals surface area contributed by atoms with Crippen LogP contribution in [-0.4, -0.2) is 39.3 Å². The number of aryl methyl sites for hydroxylation is 1. The lowest BCUT2D eigenvalue weighted by Gasteiger charge is -2.23. The van der Waals surface area contributed by atoms with E-state index in [-0.39, 0.29) is 18.1 Å². The molecule has 1 aliphatic carbocycles. The van der Waals surface area contributed by atoms with Crippen molar-refractivity contribution < 1.29 is 14.3 Å². The predicted octanol–water partition coefficient (Wildman–Crippen LogP) is 3.17. The van der Waals surface area contributed by atoms with Crippen molar-refractivity contribution in [2.24, 2.45) is 0 Å². The number of hydrogen-bond donors (Lipinski definition) is 1. The van der Waals surface area contributed by atoms with Crippen LogP contribution >= 0.6 is 0 Å². The number of ether oxygens (including phenoxy) is 2. The molecule has 1 amide bonds. The van der Waals surface area contributed by atoms with Gasteiger partial charge >= 0.3 is 0 Å². The summed E-state index contributed by atoms with van der Waals surface area (Å²) in [6, 6.07) is 9.44. The van der Waals surface area contributed by atoms with Gasteiger partial charge in [0.2, 0.25) is 0 Å². The van der Waals surface area contributed by atoms with Crippen LogP contribution in [0.3, 0.4) is 0 Å². The molecule has 1 saturated carbocycles. The molecule has 28 heavy (non-hydrogen) atoms. The Morgan fingerprint density at radius 1 is 1.25 bits per heavy atom. The molecule has 0 bridgehead atoms. The van der Waals surface area contributed by atoms with Crippen molar-refractivity contribution in [1.29, 1.82) is 0 Å². The highest BCUT2D eigenvalue weighted by Gasteiger charge is 2.32. The molecule has 146 valence electrons. The van der Waals surface area contributed by atoms with Gasteiger partial charge < -0.3 is 14.8 Å². The van der Waals surface area contributed by atoms with E-state index in [1.165, 1.54) is 0 Å². The summed E-state index contributed by atoms with van der Waals surface area (Å²) in [6.45, 7) is 4.42. The van der Waals surface area contributed by atoms with E-state index in [1.54, 1.807) is 16.9 Å². The van der Waals surface area contributed by atoms with Crippen molar-refractivity contribution in [3.63, 3.8) is 0 Å². The van der Waals surface area contributed by atoms with E-state index in [4.69, 9.17) is 9.47 Å². The van der Waals surface area contributed by atoms with Crippen LogP contribution in [0.15, 0.2) is 42.7 Å². The summed E-state index contributed by atoms with van der Waals surface area (Å²) in [5, 5.41) is 7.34. The first-order chi connectivity index (χ1) is 13.7. The minimum Gasteiger partial charge on any atom is -0.490 e.